The third kappa shape index (κ3) is 9.75. The van der Waals surface area contributed by atoms with Gasteiger partial charge in [-0.15, -0.1) is 5.75 Å². The van der Waals surface area contributed by atoms with Crippen molar-refractivity contribution >= 4 is 15.2 Å². The van der Waals surface area contributed by atoms with E-state index in [9.17, 15) is 5.11 Å². The summed E-state index contributed by atoms with van der Waals surface area (Å²) in [6.45, 7) is 22.0. The van der Waals surface area contributed by atoms with Crippen LogP contribution in [-0.4, -0.2) is 15.2 Å². The maximum atomic E-state index is 11.7. The number of hydrogen-bond acceptors (Lipinski definition) is 1. The molecule has 0 fully saturated rings. The summed E-state index contributed by atoms with van der Waals surface area (Å²) in [7, 11) is 0. The molecular weight excluding hydrogens is 307 g/mol. The molecule has 0 aliphatic heterocycles. The molecule has 0 unspecified atom stereocenters. The molecular formula is C22H39AlO. The van der Waals surface area contributed by atoms with Gasteiger partial charge in [0.15, 0.2) is 0 Å². The Labute approximate surface area is 158 Å². The van der Waals surface area contributed by atoms with Crippen LogP contribution in [0.1, 0.15) is 80.4 Å². The van der Waals surface area contributed by atoms with E-state index in [-0.39, 0.29) is 16.6 Å². The van der Waals surface area contributed by atoms with Gasteiger partial charge in [0.2, 0.25) is 0 Å². The first kappa shape index (κ1) is 23.6. The molecule has 0 saturated heterocycles. The number of benzene rings is 1. The van der Waals surface area contributed by atoms with Gasteiger partial charge in [0.1, 0.15) is 0 Å². The van der Waals surface area contributed by atoms with E-state index in [2.05, 4.69) is 75.3 Å². The van der Waals surface area contributed by atoms with Gasteiger partial charge in [-0.3, -0.25) is 0 Å². The summed E-state index contributed by atoms with van der Waals surface area (Å²) in [5.41, 5.74) is 2.17. The molecule has 0 aliphatic carbocycles. The van der Waals surface area contributed by atoms with Crippen LogP contribution in [0.3, 0.4) is 0 Å². The molecule has 0 heterocycles. The Bertz CT molecular complexity index is 468. The van der Waals surface area contributed by atoms with Crippen LogP contribution in [0.4, 0.5) is 0 Å². The first-order chi connectivity index (χ1) is 10.7. The summed E-state index contributed by atoms with van der Waals surface area (Å²) < 4.78 is 0. The maximum absolute atomic E-state index is 11.7. The third-order valence-corrected chi connectivity index (χ3v) is 6.48. The van der Waals surface area contributed by atoms with Crippen LogP contribution in [0.25, 0.3) is 0 Å². The number of rotatable bonds is 4. The summed E-state index contributed by atoms with van der Waals surface area (Å²) in [6.07, 6.45) is 0. The predicted octanol–water partition coefficient (Wildman–Crippen LogP) is 6.19. The van der Waals surface area contributed by atoms with E-state index >= 15 is 0 Å². The van der Waals surface area contributed by atoms with Crippen LogP contribution in [0.5, 0.6) is 5.75 Å². The van der Waals surface area contributed by atoms with Crippen molar-refractivity contribution in [3.63, 3.8) is 0 Å². The van der Waals surface area contributed by atoms with Crippen molar-refractivity contribution in [3.8, 4) is 5.75 Å². The molecule has 0 saturated carbocycles. The van der Waals surface area contributed by atoms with E-state index < -0.39 is 0 Å². The summed E-state index contributed by atoms with van der Waals surface area (Å²) >= 11 is 0.755. The molecule has 0 N–H and O–H groups in total. The van der Waals surface area contributed by atoms with Crippen molar-refractivity contribution in [3.05, 3.63) is 29.3 Å². The van der Waals surface area contributed by atoms with Crippen LogP contribution in [0, 0.1) is 11.8 Å². The summed E-state index contributed by atoms with van der Waals surface area (Å²) in [6, 6.07) is 5.70. The Hall–Kier alpha value is -0.448. The Balaban J connectivity index is 0.000000506. The van der Waals surface area contributed by atoms with Crippen molar-refractivity contribution in [1.82, 2.24) is 0 Å². The molecule has 2 heteroatoms. The normalized spacial score (nSPS) is 12.0. The molecule has 1 rings (SSSR count). The second-order valence-corrected chi connectivity index (χ2v) is 11.3. The van der Waals surface area contributed by atoms with Crippen molar-refractivity contribution in [1.29, 1.82) is 0 Å². The van der Waals surface area contributed by atoms with Gasteiger partial charge >= 0.3 is 65.3 Å². The Morgan fingerprint density at radius 1 is 0.833 bits per heavy atom. The molecule has 0 radical (unpaired) electrons. The second kappa shape index (κ2) is 9.89. The molecule has 1 aromatic carbocycles. The Morgan fingerprint density at radius 2 is 1.29 bits per heavy atom. The zero-order valence-electron chi connectivity index (χ0n) is 17.8. The van der Waals surface area contributed by atoms with Gasteiger partial charge in [-0.1, -0.05) is 65.3 Å². The quantitative estimate of drug-likeness (QED) is 0.596. The Morgan fingerprint density at radius 3 is 1.62 bits per heavy atom. The first-order valence-corrected chi connectivity index (χ1v) is 11.0. The fourth-order valence-corrected chi connectivity index (χ4v) is 3.87. The topological polar surface area (TPSA) is 23.1 Å². The molecule has 24 heavy (non-hydrogen) atoms. The monoisotopic (exact) mass is 346 g/mol. The minimum absolute atomic E-state index is 0.0711. The van der Waals surface area contributed by atoms with Gasteiger partial charge in [-0.2, -0.15) is 0 Å². The van der Waals surface area contributed by atoms with Crippen molar-refractivity contribution < 1.29 is 5.11 Å². The van der Waals surface area contributed by atoms with Gasteiger partial charge in [-0.05, 0) is 16.4 Å². The van der Waals surface area contributed by atoms with Crippen molar-refractivity contribution in [2.45, 2.75) is 90.6 Å². The molecule has 0 amide bonds. The minimum atomic E-state index is -0.0711. The molecule has 0 bridgehead atoms. The van der Waals surface area contributed by atoms with Crippen LogP contribution in [0.15, 0.2) is 18.2 Å². The molecule has 0 aromatic heterocycles. The van der Waals surface area contributed by atoms with E-state index in [1.54, 1.807) is 6.07 Å². The van der Waals surface area contributed by atoms with Crippen LogP contribution >= 0.6 is 0 Å². The van der Waals surface area contributed by atoms with Crippen LogP contribution in [-0.2, 0) is 10.8 Å². The van der Waals surface area contributed by atoms with Gasteiger partial charge in [0.25, 0.3) is 0 Å². The van der Waals surface area contributed by atoms with Gasteiger partial charge in [0.05, 0.1) is 0 Å². The van der Waals surface area contributed by atoms with Gasteiger partial charge in [-0.25, -0.2) is 0 Å². The zero-order valence-corrected chi connectivity index (χ0v) is 18.9. The molecule has 1 nitrogen and oxygen atoms in total. The Kier molecular flexibility index (Phi) is 9.70. The van der Waals surface area contributed by atoms with E-state index in [0.717, 1.165) is 32.6 Å². The average Bonchev–Trinajstić information content (AvgIpc) is 2.36. The van der Waals surface area contributed by atoms with E-state index in [0.29, 0.717) is 0 Å². The van der Waals surface area contributed by atoms with Gasteiger partial charge < -0.3 is 5.11 Å². The van der Waals surface area contributed by atoms with Crippen molar-refractivity contribution in [2.75, 3.05) is 0 Å². The zero-order chi connectivity index (χ0) is 19.1. The van der Waals surface area contributed by atoms with E-state index in [1.807, 2.05) is 6.07 Å². The van der Waals surface area contributed by atoms with Gasteiger partial charge in [0, 0.05) is 0 Å². The molecule has 0 aliphatic rings. The first-order valence-electron chi connectivity index (χ1n) is 9.38. The molecule has 1 aromatic rings. The summed E-state index contributed by atoms with van der Waals surface area (Å²) in [4.78, 5) is 0. The summed E-state index contributed by atoms with van der Waals surface area (Å²) in [5, 5.41) is 14.7. The standard InChI is InChI=1S/C14H22O.2C4H9.Al/c1-13(2,3)10-7-8-12(15)11(9-10)14(4,5)6;2*1-4(2)3;/h7-9,15H,1-6H3;2*4H,1H2,2-3H3;/q;;;+1/p-1. The van der Waals surface area contributed by atoms with E-state index in [4.69, 9.17) is 0 Å². The fourth-order valence-electron chi connectivity index (χ4n) is 2.35. The number of hydrogen-bond donors (Lipinski definition) is 0. The molecule has 0 spiro atoms. The summed E-state index contributed by atoms with van der Waals surface area (Å²) in [5.74, 6) is 2.01. The third-order valence-electron chi connectivity index (χ3n) is 3.93. The van der Waals surface area contributed by atoms with E-state index in [1.165, 1.54) is 16.1 Å². The fraction of sp³-hybridized carbons (Fsp3) is 0.727. The van der Waals surface area contributed by atoms with Crippen LogP contribution < -0.4 is 5.11 Å². The van der Waals surface area contributed by atoms with Crippen molar-refractivity contribution in [2.24, 2.45) is 11.8 Å². The average molecular weight is 347 g/mol. The van der Waals surface area contributed by atoms with Crippen LogP contribution in [0.2, 0.25) is 10.6 Å². The second-order valence-electron chi connectivity index (χ2n) is 9.76. The predicted molar refractivity (Wildman–Crippen MR) is 108 cm³/mol. The SMILES string of the molecule is CC(C)(C)c1ccc([O-])c(C(C)(C)C)c1.CC(C)[CH2][Al+][CH2]C(C)C. The molecule has 0 atom stereocenters. The molecule has 136 valence electrons.